The molecule has 0 spiro atoms. The number of hydrogen-bond donors (Lipinski definition) is 1. The summed E-state index contributed by atoms with van der Waals surface area (Å²) in [5, 5.41) is 6.84. The van der Waals surface area contributed by atoms with E-state index in [1.54, 1.807) is 30.3 Å². The van der Waals surface area contributed by atoms with Gasteiger partial charge >= 0.3 is 6.18 Å². The van der Waals surface area contributed by atoms with Crippen LogP contribution in [0.2, 0.25) is 10.0 Å². The van der Waals surface area contributed by atoms with Gasteiger partial charge < -0.3 is 10.1 Å². The van der Waals surface area contributed by atoms with Gasteiger partial charge in [0.25, 0.3) is 5.91 Å². The Labute approximate surface area is 221 Å². The molecule has 0 unspecified atom stereocenters. The maximum atomic E-state index is 13.4. The molecule has 5 nitrogen and oxygen atoms in total. The van der Waals surface area contributed by atoms with Crippen LogP contribution in [-0.2, 0) is 12.8 Å². The molecule has 0 aliphatic rings. The first-order valence-electron chi connectivity index (χ1n) is 11.3. The molecule has 1 aromatic heterocycles. The lowest BCUT2D eigenvalue weighted by molar-refractivity contribution is -0.141. The number of carbonyl (C=O) groups excluding carboxylic acids is 1. The van der Waals surface area contributed by atoms with Gasteiger partial charge in [0.05, 0.1) is 15.7 Å². The molecule has 0 bridgehead atoms. The fourth-order valence-corrected chi connectivity index (χ4v) is 4.16. The predicted octanol–water partition coefficient (Wildman–Crippen LogP) is 7.58. The minimum absolute atomic E-state index is 0.0417. The van der Waals surface area contributed by atoms with Crippen molar-refractivity contribution in [1.29, 1.82) is 0 Å². The Morgan fingerprint density at radius 3 is 2.08 bits per heavy atom. The third-order valence-corrected chi connectivity index (χ3v) is 5.97. The Morgan fingerprint density at radius 2 is 1.54 bits per heavy atom. The second-order valence-corrected chi connectivity index (χ2v) is 9.33. The lowest BCUT2D eigenvalue weighted by atomic mass is 10.0. The standard InChI is InChI=1S/C27H22Cl2F3N3O2/c1-16(2)33-26(36)19-8-6-17(7-9-19)18-10-12-21(13-11-18)37-15-20-14-24(27(30,31)32)34-35(20)25-22(28)4-3-5-23(25)29/h3-14,16H,15H2,1-2H3,(H,33,36). The van der Waals surface area contributed by atoms with E-state index in [9.17, 15) is 18.0 Å². The summed E-state index contributed by atoms with van der Waals surface area (Å²) in [6.45, 7) is 3.58. The Morgan fingerprint density at radius 1 is 0.973 bits per heavy atom. The fourth-order valence-electron chi connectivity index (χ4n) is 3.61. The normalized spacial score (nSPS) is 11.6. The summed E-state index contributed by atoms with van der Waals surface area (Å²) in [6.07, 6.45) is -4.65. The van der Waals surface area contributed by atoms with Crippen molar-refractivity contribution in [2.75, 3.05) is 0 Å². The van der Waals surface area contributed by atoms with Crippen molar-refractivity contribution in [3.05, 3.63) is 99.8 Å². The summed E-state index contributed by atoms with van der Waals surface area (Å²) in [4.78, 5) is 12.1. The van der Waals surface area contributed by atoms with E-state index in [0.29, 0.717) is 11.3 Å². The van der Waals surface area contributed by atoms with Gasteiger partial charge in [0, 0.05) is 11.6 Å². The molecule has 0 radical (unpaired) electrons. The van der Waals surface area contributed by atoms with Gasteiger partial charge in [-0.15, -0.1) is 0 Å². The molecule has 1 N–H and O–H groups in total. The molecule has 10 heteroatoms. The van der Waals surface area contributed by atoms with E-state index in [0.717, 1.165) is 21.9 Å². The summed E-state index contributed by atoms with van der Waals surface area (Å²) in [5.41, 5.74) is 1.53. The van der Waals surface area contributed by atoms with Gasteiger partial charge in [0.2, 0.25) is 0 Å². The molecular formula is C27H22Cl2F3N3O2. The highest BCUT2D eigenvalue weighted by molar-refractivity contribution is 6.37. The van der Waals surface area contributed by atoms with Crippen LogP contribution < -0.4 is 10.1 Å². The molecule has 4 rings (SSSR count). The maximum absolute atomic E-state index is 13.4. The number of ether oxygens (including phenoxy) is 1. The molecule has 37 heavy (non-hydrogen) atoms. The number of hydrogen-bond acceptors (Lipinski definition) is 3. The monoisotopic (exact) mass is 547 g/mol. The fraction of sp³-hybridized carbons (Fsp3) is 0.185. The van der Waals surface area contributed by atoms with Gasteiger partial charge in [0.15, 0.2) is 5.69 Å². The van der Waals surface area contributed by atoms with E-state index in [4.69, 9.17) is 27.9 Å². The highest BCUT2D eigenvalue weighted by atomic mass is 35.5. The number of nitrogens with zero attached hydrogens (tertiary/aromatic N) is 2. The van der Waals surface area contributed by atoms with E-state index in [-0.39, 0.29) is 40.0 Å². The average Bonchev–Trinajstić information content (AvgIpc) is 3.27. The predicted molar refractivity (Wildman–Crippen MR) is 137 cm³/mol. The second-order valence-electron chi connectivity index (χ2n) is 8.52. The van der Waals surface area contributed by atoms with Crippen LogP contribution in [0.5, 0.6) is 5.75 Å². The van der Waals surface area contributed by atoms with Crippen LogP contribution in [0.15, 0.2) is 72.8 Å². The zero-order chi connectivity index (χ0) is 26.7. The zero-order valence-electron chi connectivity index (χ0n) is 19.8. The van der Waals surface area contributed by atoms with Crippen LogP contribution in [0, 0.1) is 0 Å². The third kappa shape index (κ3) is 6.26. The number of rotatable bonds is 7. The number of benzene rings is 3. The molecule has 1 heterocycles. The largest absolute Gasteiger partial charge is 0.487 e. The summed E-state index contributed by atoms with van der Waals surface area (Å²) in [5.74, 6) is 0.305. The summed E-state index contributed by atoms with van der Waals surface area (Å²) < 4.78 is 47.0. The zero-order valence-corrected chi connectivity index (χ0v) is 21.3. The summed E-state index contributed by atoms with van der Waals surface area (Å²) in [7, 11) is 0. The van der Waals surface area contributed by atoms with Crippen molar-refractivity contribution in [3.8, 4) is 22.6 Å². The molecule has 0 aliphatic carbocycles. The van der Waals surface area contributed by atoms with Crippen LogP contribution in [-0.4, -0.2) is 21.7 Å². The Kier molecular flexibility index (Phi) is 7.80. The van der Waals surface area contributed by atoms with E-state index in [2.05, 4.69) is 10.4 Å². The van der Waals surface area contributed by atoms with Crippen LogP contribution >= 0.6 is 23.2 Å². The first-order chi connectivity index (χ1) is 17.5. The minimum Gasteiger partial charge on any atom is -0.487 e. The van der Waals surface area contributed by atoms with Crippen LogP contribution in [0.1, 0.15) is 35.6 Å². The lowest BCUT2D eigenvalue weighted by Crippen LogP contribution is -2.29. The van der Waals surface area contributed by atoms with Crippen molar-refractivity contribution < 1.29 is 22.7 Å². The van der Waals surface area contributed by atoms with E-state index in [1.807, 2.05) is 38.1 Å². The van der Waals surface area contributed by atoms with E-state index >= 15 is 0 Å². The van der Waals surface area contributed by atoms with E-state index in [1.165, 1.54) is 12.1 Å². The molecule has 0 aliphatic heterocycles. The molecule has 4 aromatic rings. The average molecular weight is 548 g/mol. The lowest BCUT2D eigenvalue weighted by Gasteiger charge is -2.12. The van der Waals surface area contributed by atoms with Gasteiger partial charge in [-0.2, -0.15) is 18.3 Å². The number of halogens is 5. The van der Waals surface area contributed by atoms with Crippen molar-refractivity contribution in [2.45, 2.75) is 32.7 Å². The minimum atomic E-state index is -4.65. The van der Waals surface area contributed by atoms with Crippen LogP contribution in [0.3, 0.4) is 0 Å². The highest BCUT2D eigenvalue weighted by Crippen LogP contribution is 2.34. The van der Waals surface area contributed by atoms with Gasteiger partial charge in [-0.1, -0.05) is 53.5 Å². The van der Waals surface area contributed by atoms with Gasteiger partial charge in [0.1, 0.15) is 18.0 Å². The van der Waals surface area contributed by atoms with Gasteiger partial charge in [-0.25, -0.2) is 4.68 Å². The first kappa shape index (κ1) is 26.6. The molecule has 0 atom stereocenters. The molecule has 0 saturated heterocycles. The van der Waals surface area contributed by atoms with Gasteiger partial charge in [-0.3, -0.25) is 4.79 Å². The summed E-state index contributed by atoms with van der Waals surface area (Å²) in [6, 6.07) is 19.8. The van der Waals surface area contributed by atoms with Crippen LogP contribution in [0.4, 0.5) is 13.2 Å². The number of carbonyl (C=O) groups is 1. The molecule has 192 valence electrons. The number of aromatic nitrogens is 2. The molecular weight excluding hydrogens is 526 g/mol. The Bertz CT molecular complexity index is 1380. The summed E-state index contributed by atoms with van der Waals surface area (Å²) >= 11 is 12.4. The van der Waals surface area contributed by atoms with E-state index < -0.39 is 11.9 Å². The highest BCUT2D eigenvalue weighted by Gasteiger charge is 2.35. The van der Waals surface area contributed by atoms with Crippen molar-refractivity contribution in [1.82, 2.24) is 15.1 Å². The maximum Gasteiger partial charge on any atom is 0.435 e. The smallest absolute Gasteiger partial charge is 0.435 e. The van der Waals surface area contributed by atoms with Crippen molar-refractivity contribution >= 4 is 29.1 Å². The topological polar surface area (TPSA) is 56.1 Å². The quantitative estimate of drug-likeness (QED) is 0.259. The number of alkyl halides is 3. The number of amides is 1. The molecule has 3 aromatic carbocycles. The Hall–Kier alpha value is -3.49. The third-order valence-electron chi connectivity index (χ3n) is 5.36. The number of para-hydroxylation sites is 1. The van der Waals surface area contributed by atoms with Gasteiger partial charge in [-0.05, 0) is 67.4 Å². The number of nitrogens with one attached hydrogen (secondary N) is 1. The molecule has 0 fully saturated rings. The van der Waals surface area contributed by atoms with Crippen molar-refractivity contribution in [3.63, 3.8) is 0 Å². The first-order valence-corrected chi connectivity index (χ1v) is 12.0. The molecule has 0 saturated carbocycles. The van der Waals surface area contributed by atoms with Crippen molar-refractivity contribution in [2.24, 2.45) is 0 Å². The Balaban J connectivity index is 1.52. The SMILES string of the molecule is CC(C)NC(=O)c1ccc(-c2ccc(OCc3cc(C(F)(F)F)nn3-c3c(Cl)cccc3Cl)cc2)cc1. The van der Waals surface area contributed by atoms with Crippen LogP contribution in [0.25, 0.3) is 16.8 Å². The molecule has 1 amide bonds. The second kappa shape index (κ2) is 10.9.